The molecule has 0 spiro atoms. The van der Waals surface area contributed by atoms with Crippen molar-refractivity contribution in [2.75, 3.05) is 13.1 Å². The second-order valence-electron chi connectivity index (χ2n) is 7.00. The van der Waals surface area contributed by atoms with Crippen LogP contribution in [0.15, 0.2) is 30.5 Å². The highest BCUT2D eigenvalue weighted by molar-refractivity contribution is 7.18. The molecule has 0 N–H and O–H groups in total. The van der Waals surface area contributed by atoms with Gasteiger partial charge in [-0.3, -0.25) is 9.48 Å². The van der Waals surface area contributed by atoms with Crippen LogP contribution in [-0.4, -0.2) is 38.7 Å². The highest BCUT2D eigenvalue weighted by Crippen LogP contribution is 2.33. The molecule has 0 saturated carbocycles. The summed E-state index contributed by atoms with van der Waals surface area (Å²) < 4.78 is 3.11. The van der Waals surface area contributed by atoms with Crippen molar-refractivity contribution in [1.29, 1.82) is 0 Å². The molecule has 1 saturated heterocycles. The number of carbonyl (C=O) groups excluding carboxylic acids is 1. The number of nitrogens with zero attached hydrogens (tertiary/aromatic N) is 4. The van der Waals surface area contributed by atoms with Gasteiger partial charge < -0.3 is 4.90 Å². The van der Waals surface area contributed by atoms with Crippen LogP contribution in [0.5, 0.6) is 0 Å². The number of piperidine rings is 1. The van der Waals surface area contributed by atoms with Crippen molar-refractivity contribution >= 4 is 27.5 Å². The Bertz CT molecular complexity index is 896. The van der Waals surface area contributed by atoms with Gasteiger partial charge in [0, 0.05) is 31.7 Å². The molecule has 1 aliphatic heterocycles. The van der Waals surface area contributed by atoms with Crippen molar-refractivity contribution in [3.05, 3.63) is 46.7 Å². The predicted molar refractivity (Wildman–Crippen MR) is 105 cm³/mol. The van der Waals surface area contributed by atoms with Gasteiger partial charge in [0.1, 0.15) is 0 Å². The average Bonchev–Trinajstić information content (AvgIpc) is 3.25. The lowest BCUT2D eigenvalue weighted by atomic mass is 9.98. The molecule has 0 unspecified atom stereocenters. The molecule has 0 aliphatic carbocycles. The number of rotatable bonds is 4. The summed E-state index contributed by atoms with van der Waals surface area (Å²) in [6.45, 7) is 6.46. The molecule has 1 aromatic carbocycles. The van der Waals surface area contributed by atoms with Gasteiger partial charge in [-0.1, -0.05) is 19.1 Å². The van der Waals surface area contributed by atoms with E-state index in [-0.39, 0.29) is 5.91 Å². The lowest BCUT2D eigenvalue weighted by Gasteiger charge is -2.31. The minimum Gasteiger partial charge on any atom is -0.338 e. The van der Waals surface area contributed by atoms with E-state index in [4.69, 9.17) is 4.98 Å². The fourth-order valence-corrected chi connectivity index (χ4v) is 4.76. The topological polar surface area (TPSA) is 51.0 Å². The molecule has 136 valence electrons. The van der Waals surface area contributed by atoms with Crippen molar-refractivity contribution < 1.29 is 4.79 Å². The number of carbonyl (C=O) groups is 1. The fraction of sp³-hybridized carbons (Fsp3) is 0.450. The molecule has 0 radical (unpaired) electrons. The third-order valence-electron chi connectivity index (χ3n) is 5.00. The Balaban J connectivity index is 1.53. The van der Waals surface area contributed by atoms with E-state index in [0.29, 0.717) is 5.92 Å². The number of thiazole rings is 1. The summed E-state index contributed by atoms with van der Waals surface area (Å²) in [7, 11) is 0. The van der Waals surface area contributed by atoms with E-state index in [9.17, 15) is 4.79 Å². The molecule has 3 aromatic rings. The molecule has 4 rings (SSSR count). The maximum absolute atomic E-state index is 13.0. The van der Waals surface area contributed by atoms with Crippen LogP contribution < -0.4 is 0 Å². The van der Waals surface area contributed by atoms with E-state index in [0.717, 1.165) is 60.7 Å². The van der Waals surface area contributed by atoms with E-state index in [1.54, 1.807) is 11.3 Å². The second kappa shape index (κ2) is 7.19. The summed E-state index contributed by atoms with van der Waals surface area (Å²) >= 11 is 1.76. The largest absolute Gasteiger partial charge is 0.338 e. The Morgan fingerprint density at radius 2 is 2.19 bits per heavy atom. The van der Waals surface area contributed by atoms with Crippen LogP contribution in [0, 0.1) is 6.92 Å². The Hall–Kier alpha value is -2.21. The molecule has 1 aliphatic rings. The quantitative estimate of drug-likeness (QED) is 0.692. The third-order valence-corrected chi connectivity index (χ3v) is 6.20. The van der Waals surface area contributed by atoms with Crippen LogP contribution >= 0.6 is 11.3 Å². The van der Waals surface area contributed by atoms with Crippen LogP contribution in [0.1, 0.15) is 53.2 Å². The Morgan fingerprint density at radius 3 is 3.00 bits per heavy atom. The van der Waals surface area contributed by atoms with E-state index in [1.807, 2.05) is 28.8 Å². The van der Waals surface area contributed by atoms with E-state index in [1.165, 1.54) is 4.70 Å². The maximum atomic E-state index is 13.0. The number of amides is 1. The standard InChI is InChI=1S/C20H24N4OS/c1-3-10-24-13-16(14(2)22-24)20(25)23-11-6-7-15(12-23)19-21-17-8-4-5-9-18(17)26-19/h4-5,8-9,13,15H,3,6-7,10-12H2,1-2H3/t15-/m1/s1. The van der Waals surface area contributed by atoms with E-state index < -0.39 is 0 Å². The van der Waals surface area contributed by atoms with Gasteiger partial charge in [0.15, 0.2) is 0 Å². The number of aromatic nitrogens is 3. The van der Waals surface area contributed by atoms with Gasteiger partial charge >= 0.3 is 0 Å². The molecule has 1 amide bonds. The Kier molecular flexibility index (Phi) is 4.76. The number of hydrogen-bond acceptors (Lipinski definition) is 4. The zero-order valence-corrected chi connectivity index (χ0v) is 16.1. The summed E-state index contributed by atoms with van der Waals surface area (Å²) in [6, 6.07) is 8.26. The fourth-order valence-electron chi connectivity index (χ4n) is 3.67. The van der Waals surface area contributed by atoms with Gasteiger partial charge in [-0.2, -0.15) is 5.10 Å². The minimum absolute atomic E-state index is 0.107. The summed E-state index contributed by atoms with van der Waals surface area (Å²) in [5.74, 6) is 0.437. The molecule has 1 atom stereocenters. The van der Waals surface area contributed by atoms with Gasteiger partial charge in [0.05, 0.1) is 26.5 Å². The lowest BCUT2D eigenvalue weighted by molar-refractivity contribution is 0.0706. The van der Waals surface area contributed by atoms with Crippen molar-refractivity contribution in [2.24, 2.45) is 0 Å². The van der Waals surface area contributed by atoms with Crippen LogP contribution in [0.4, 0.5) is 0 Å². The first-order chi connectivity index (χ1) is 12.7. The molecule has 1 fully saturated rings. The van der Waals surface area contributed by atoms with Gasteiger partial charge in [0.2, 0.25) is 0 Å². The number of benzene rings is 1. The number of fused-ring (bicyclic) bond motifs is 1. The van der Waals surface area contributed by atoms with Crippen molar-refractivity contribution in [1.82, 2.24) is 19.7 Å². The van der Waals surface area contributed by atoms with Crippen LogP contribution in [0.3, 0.4) is 0 Å². The maximum Gasteiger partial charge on any atom is 0.257 e. The molecule has 6 heteroatoms. The number of hydrogen-bond donors (Lipinski definition) is 0. The van der Waals surface area contributed by atoms with E-state index in [2.05, 4.69) is 30.2 Å². The van der Waals surface area contributed by atoms with Gasteiger partial charge in [-0.15, -0.1) is 11.3 Å². The SMILES string of the molecule is CCCn1cc(C(=O)N2CCC[C@@H](c3nc4ccccc4s3)C2)c(C)n1. The molecule has 2 aromatic heterocycles. The first-order valence-corrected chi connectivity index (χ1v) is 10.2. The van der Waals surface area contributed by atoms with Gasteiger partial charge in [0.25, 0.3) is 5.91 Å². The van der Waals surface area contributed by atoms with Crippen molar-refractivity contribution in [2.45, 2.75) is 45.6 Å². The number of aryl methyl sites for hydroxylation is 2. The average molecular weight is 369 g/mol. The number of para-hydroxylation sites is 1. The summed E-state index contributed by atoms with van der Waals surface area (Å²) in [5, 5.41) is 5.64. The van der Waals surface area contributed by atoms with Crippen molar-refractivity contribution in [3.8, 4) is 0 Å². The molecular formula is C20H24N4OS. The highest BCUT2D eigenvalue weighted by atomic mass is 32.1. The smallest absolute Gasteiger partial charge is 0.257 e. The molecule has 0 bridgehead atoms. The Morgan fingerprint density at radius 1 is 1.35 bits per heavy atom. The number of likely N-dealkylation sites (tertiary alicyclic amines) is 1. The lowest BCUT2D eigenvalue weighted by Crippen LogP contribution is -2.39. The van der Waals surface area contributed by atoms with E-state index >= 15 is 0 Å². The molecular weight excluding hydrogens is 344 g/mol. The first-order valence-electron chi connectivity index (χ1n) is 9.34. The zero-order valence-electron chi connectivity index (χ0n) is 15.3. The summed E-state index contributed by atoms with van der Waals surface area (Å²) in [4.78, 5) is 19.8. The summed E-state index contributed by atoms with van der Waals surface area (Å²) in [6.07, 6.45) is 5.03. The molecule has 5 nitrogen and oxygen atoms in total. The zero-order chi connectivity index (χ0) is 18.1. The Labute approximate surface area is 157 Å². The third kappa shape index (κ3) is 3.26. The van der Waals surface area contributed by atoms with Crippen LogP contribution in [0.25, 0.3) is 10.2 Å². The molecule has 3 heterocycles. The molecule has 26 heavy (non-hydrogen) atoms. The van der Waals surface area contributed by atoms with Crippen molar-refractivity contribution in [3.63, 3.8) is 0 Å². The van der Waals surface area contributed by atoms with Crippen LogP contribution in [-0.2, 0) is 6.54 Å². The predicted octanol–water partition coefficient (Wildman–Crippen LogP) is 4.23. The highest BCUT2D eigenvalue weighted by Gasteiger charge is 2.29. The monoisotopic (exact) mass is 368 g/mol. The first kappa shape index (κ1) is 17.2. The van der Waals surface area contributed by atoms with Gasteiger partial charge in [-0.05, 0) is 38.3 Å². The second-order valence-corrected chi connectivity index (χ2v) is 8.06. The summed E-state index contributed by atoms with van der Waals surface area (Å²) in [5.41, 5.74) is 2.63. The van der Waals surface area contributed by atoms with Gasteiger partial charge in [-0.25, -0.2) is 4.98 Å². The van der Waals surface area contributed by atoms with Crippen LogP contribution in [0.2, 0.25) is 0 Å². The normalized spacial score (nSPS) is 17.8. The minimum atomic E-state index is 0.107.